The fourth-order valence-electron chi connectivity index (χ4n) is 3.65. The Bertz CT molecular complexity index is 356. The van der Waals surface area contributed by atoms with Gasteiger partial charge in [0.15, 0.2) is 0 Å². The van der Waals surface area contributed by atoms with Crippen LogP contribution in [0.25, 0.3) is 0 Å². The molecule has 0 aliphatic carbocycles. The van der Waals surface area contributed by atoms with Crippen LogP contribution in [-0.4, -0.2) is 11.1 Å². The summed E-state index contributed by atoms with van der Waals surface area (Å²) < 4.78 is 0. The summed E-state index contributed by atoms with van der Waals surface area (Å²) in [6.07, 6.45) is 34.3. The van der Waals surface area contributed by atoms with Gasteiger partial charge in [0.2, 0.25) is 0 Å². The zero-order valence-electron chi connectivity index (χ0n) is 20.7. The minimum Gasteiger partial charge on any atom is -0.481 e. The third-order valence-corrected chi connectivity index (χ3v) is 5.67. The largest absolute Gasteiger partial charge is 0.481 e. The van der Waals surface area contributed by atoms with E-state index in [9.17, 15) is 4.79 Å². The molecule has 1 N–H and O–H groups in total. The van der Waals surface area contributed by atoms with Gasteiger partial charge >= 0.3 is 5.97 Å². The van der Waals surface area contributed by atoms with E-state index in [1.165, 1.54) is 122 Å². The van der Waals surface area contributed by atoms with E-state index >= 15 is 0 Å². The van der Waals surface area contributed by atoms with E-state index in [4.69, 9.17) is 11.5 Å². The molecule has 2 heteroatoms. The Hall–Kier alpha value is -0.970. The van der Waals surface area contributed by atoms with Crippen molar-refractivity contribution in [1.29, 1.82) is 0 Å². The molecule has 0 aliphatic rings. The lowest BCUT2D eigenvalue weighted by Crippen LogP contribution is -1.93. The molecule has 178 valence electrons. The number of hydrogen-bond acceptors (Lipinski definition) is 1. The lowest BCUT2D eigenvalue weighted by atomic mass is 10.0. The minimum absolute atomic E-state index is 0.345. The van der Waals surface area contributed by atoms with Crippen LogP contribution in [-0.2, 0) is 4.79 Å². The summed E-state index contributed by atoms with van der Waals surface area (Å²) >= 11 is 0. The van der Waals surface area contributed by atoms with Gasteiger partial charge in [-0.25, -0.2) is 0 Å². The van der Waals surface area contributed by atoms with Crippen LogP contribution in [0.1, 0.15) is 162 Å². The first kappa shape index (κ1) is 31.2. The molecule has 0 rings (SSSR count). The van der Waals surface area contributed by atoms with Crippen molar-refractivity contribution in [3.8, 4) is 12.3 Å². The maximum Gasteiger partial charge on any atom is 0.303 e. The Kier molecular flexibility index (Phi) is 31.5. The van der Waals surface area contributed by atoms with Crippen LogP contribution >= 0.6 is 0 Å². The first-order valence-electron chi connectivity index (χ1n) is 13.3. The van der Waals surface area contributed by atoms with Crippen LogP contribution in [0.3, 0.4) is 0 Å². The minimum atomic E-state index is -0.653. The molecule has 0 saturated heterocycles. The average Bonchev–Trinajstić information content (AvgIpc) is 2.74. The molecule has 0 spiro atoms. The predicted octanol–water partition coefficient (Wildman–Crippen LogP) is 9.70. The van der Waals surface area contributed by atoms with E-state index in [0.717, 1.165) is 19.3 Å². The Morgan fingerprint density at radius 1 is 0.567 bits per heavy atom. The molecule has 0 atom stereocenters. The smallest absolute Gasteiger partial charge is 0.303 e. The van der Waals surface area contributed by atoms with Crippen molar-refractivity contribution in [2.75, 3.05) is 0 Å². The highest BCUT2D eigenvalue weighted by Crippen LogP contribution is 2.13. The third kappa shape index (κ3) is 34.5. The van der Waals surface area contributed by atoms with Crippen LogP contribution in [0.5, 0.6) is 0 Å². The first-order valence-corrected chi connectivity index (χ1v) is 13.3. The van der Waals surface area contributed by atoms with Crippen molar-refractivity contribution in [2.24, 2.45) is 0 Å². The van der Waals surface area contributed by atoms with Gasteiger partial charge in [0.1, 0.15) is 0 Å². The summed E-state index contributed by atoms with van der Waals surface area (Å²) in [5, 5.41) is 8.52. The van der Waals surface area contributed by atoms with Crippen molar-refractivity contribution in [1.82, 2.24) is 0 Å². The van der Waals surface area contributed by atoms with E-state index in [0.29, 0.717) is 6.42 Å². The lowest BCUT2D eigenvalue weighted by Gasteiger charge is -2.03. The summed E-state index contributed by atoms with van der Waals surface area (Å²) in [6.45, 7) is 4.51. The summed E-state index contributed by atoms with van der Waals surface area (Å²) in [7, 11) is 0. The van der Waals surface area contributed by atoms with E-state index in [1.54, 1.807) is 0 Å². The van der Waals surface area contributed by atoms with Gasteiger partial charge in [-0.15, -0.1) is 12.3 Å². The SMILES string of the molecule is C#CCCCCCCCC.CCCCCCCCCCCCCCCCCC(=O)O. The normalized spacial score (nSPS) is 10.3. The highest BCUT2D eigenvalue weighted by molar-refractivity contribution is 5.66. The molecule has 0 saturated carbocycles. The highest BCUT2D eigenvalue weighted by Gasteiger charge is 1.97. The second-order valence-corrected chi connectivity index (χ2v) is 8.82. The molecule has 0 aromatic rings. The molecule has 0 fully saturated rings. The monoisotopic (exact) mass is 422 g/mol. The summed E-state index contributed by atoms with van der Waals surface area (Å²) in [5.41, 5.74) is 0. The maximum atomic E-state index is 10.3. The first-order chi connectivity index (χ1) is 14.7. The standard InChI is InChI=1S/C18H36O2.C10H18/c1-2-3-4-5-6-7-8-9-10-11-12-13-14-15-16-17-18(19)20;1-3-5-7-9-10-8-6-4-2/h2-17H2,1H3,(H,19,20);1H,4-10H2,2H3. The van der Waals surface area contributed by atoms with E-state index in [-0.39, 0.29) is 0 Å². The molecular formula is C28H54O2. The molecule has 2 nitrogen and oxygen atoms in total. The molecule has 0 heterocycles. The number of hydrogen-bond donors (Lipinski definition) is 1. The van der Waals surface area contributed by atoms with E-state index in [2.05, 4.69) is 19.8 Å². The van der Waals surface area contributed by atoms with Gasteiger partial charge < -0.3 is 5.11 Å². The van der Waals surface area contributed by atoms with Gasteiger partial charge in [0.05, 0.1) is 0 Å². The van der Waals surface area contributed by atoms with Crippen LogP contribution in [0.2, 0.25) is 0 Å². The average molecular weight is 423 g/mol. The van der Waals surface area contributed by atoms with Crippen molar-refractivity contribution in [2.45, 2.75) is 162 Å². The fourth-order valence-corrected chi connectivity index (χ4v) is 3.65. The van der Waals surface area contributed by atoms with Crippen molar-refractivity contribution >= 4 is 5.97 Å². The lowest BCUT2D eigenvalue weighted by molar-refractivity contribution is -0.137. The fraction of sp³-hybridized carbons (Fsp3) is 0.893. The molecular weight excluding hydrogens is 368 g/mol. The van der Waals surface area contributed by atoms with Gasteiger partial charge in [-0.05, 0) is 12.8 Å². The van der Waals surface area contributed by atoms with Crippen molar-refractivity contribution in [3.63, 3.8) is 0 Å². The second kappa shape index (κ2) is 30.2. The number of rotatable bonds is 22. The molecule has 0 amide bonds. The van der Waals surface area contributed by atoms with Gasteiger partial charge in [0.25, 0.3) is 0 Å². The van der Waals surface area contributed by atoms with Gasteiger partial charge in [-0.1, -0.05) is 136 Å². The quantitative estimate of drug-likeness (QED) is 0.139. The second-order valence-electron chi connectivity index (χ2n) is 8.82. The Labute approximate surface area is 190 Å². The highest BCUT2D eigenvalue weighted by atomic mass is 16.4. The number of terminal acetylenes is 1. The zero-order valence-corrected chi connectivity index (χ0v) is 20.7. The molecule has 0 radical (unpaired) electrons. The third-order valence-electron chi connectivity index (χ3n) is 5.67. The summed E-state index contributed by atoms with van der Waals surface area (Å²) in [6, 6.07) is 0. The number of carboxylic acids is 1. The number of unbranched alkanes of at least 4 members (excludes halogenated alkanes) is 20. The topological polar surface area (TPSA) is 37.3 Å². The van der Waals surface area contributed by atoms with Crippen LogP contribution < -0.4 is 0 Å². The van der Waals surface area contributed by atoms with Gasteiger partial charge in [-0.2, -0.15) is 0 Å². The zero-order chi connectivity index (χ0) is 22.5. The molecule has 0 aromatic carbocycles. The molecule has 30 heavy (non-hydrogen) atoms. The molecule has 0 bridgehead atoms. The van der Waals surface area contributed by atoms with Crippen molar-refractivity contribution < 1.29 is 9.90 Å². The number of carbonyl (C=O) groups is 1. The van der Waals surface area contributed by atoms with E-state index in [1.807, 2.05) is 0 Å². The summed E-state index contributed by atoms with van der Waals surface area (Å²) in [5.74, 6) is 2.01. The van der Waals surface area contributed by atoms with Crippen LogP contribution in [0, 0.1) is 12.3 Å². The molecule has 0 aromatic heterocycles. The Morgan fingerprint density at radius 3 is 1.17 bits per heavy atom. The molecule has 0 aliphatic heterocycles. The van der Waals surface area contributed by atoms with Crippen molar-refractivity contribution in [3.05, 3.63) is 0 Å². The van der Waals surface area contributed by atoms with Gasteiger partial charge in [0, 0.05) is 12.8 Å². The van der Waals surface area contributed by atoms with Gasteiger partial charge in [-0.3, -0.25) is 4.79 Å². The predicted molar refractivity (Wildman–Crippen MR) is 134 cm³/mol. The Balaban J connectivity index is 0. The van der Waals surface area contributed by atoms with Crippen LogP contribution in [0.15, 0.2) is 0 Å². The summed E-state index contributed by atoms with van der Waals surface area (Å²) in [4.78, 5) is 10.3. The number of carboxylic acid groups (broad SMARTS) is 1. The molecule has 0 unspecified atom stereocenters. The van der Waals surface area contributed by atoms with Crippen LogP contribution in [0.4, 0.5) is 0 Å². The maximum absolute atomic E-state index is 10.3. The van der Waals surface area contributed by atoms with E-state index < -0.39 is 5.97 Å². The number of aliphatic carboxylic acids is 1. The Morgan fingerprint density at radius 2 is 0.867 bits per heavy atom.